The molecule has 1 amide bonds. The van der Waals surface area contributed by atoms with Crippen LogP contribution in [-0.2, 0) is 4.79 Å². The van der Waals surface area contributed by atoms with E-state index in [1.165, 1.54) is 19.3 Å². The van der Waals surface area contributed by atoms with Crippen molar-refractivity contribution < 1.29 is 9.90 Å². The molecule has 4 heteroatoms. The van der Waals surface area contributed by atoms with Crippen LogP contribution < -0.4 is 10.2 Å². The molecule has 1 saturated carbocycles. The molecule has 18 heavy (non-hydrogen) atoms. The zero-order chi connectivity index (χ0) is 12.5. The van der Waals surface area contributed by atoms with E-state index in [9.17, 15) is 9.90 Å². The van der Waals surface area contributed by atoms with Crippen LogP contribution in [0.1, 0.15) is 32.1 Å². The van der Waals surface area contributed by atoms with Gasteiger partial charge in [0, 0.05) is 12.1 Å². The van der Waals surface area contributed by atoms with E-state index in [-0.39, 0.29) is 11.7 Å². The summed E-state index contributed by atoms with van der Waals surface area (Å²) in [5, 5.41) is 12.3. The highest BCUT2D eigenvalue weighted by atomic mass is 16.3. The average Bonchev–Trinajstić information content (AvgIpc) is 2.38. The minimum absolute atomic E-state index is 0.0127. The smallest absolute Gasteiger partial charge is 0.243 e. The first-order valence-corrected chi connectivity index (χ1v) is 6.63. The van der Waals surface area contributed by atoms with Gasteiger partial charge >= 0.3 is 0 Å². The van der Waals surface area contributed by atoms with Gasteiger partial charge in [0.15, 0.2) is 0 Å². The van der Waals surface area contributed by atoms with Crippen molar-refractivity contribution in [2.24, 2.45) is 0 Å². The number of rotatable bonds is 1. The summed E-state index contributed by atoms with van der Waals surface area (Å²) in [6.45, 7) is 0.433. The maximum atomic E-state index is 11.8. The molecule has 1 aromatic carbocycles. The highest BCUT2D eigenvalue weighted by molar-refractivity contribution is 6.01. The molecule has 1 aromatic rings. The molecule has 1 fully saturated rings. The predicted octanol–water partition coefficient (Wildman–Crippen LogP) is 2.48. The standard InChI is InChI=1S/C14H18N2O2/c17-11-6-7-13-12(8-11)15-14(18)9-16(13)10-4-2-1-3-5-10/h6-8,10,17H,1-5,9H2,(H,15,18). The fourth-order valence-electron chi connectivity index (χ4n) is 3.02. The monoisotopic (exact) mass is 246 g/mol. The number of nitrogens with zero attached hydrogens (tertiary/aromatic N) is 1. The molecule has 0 radical (unpaired) electrons. The Balaban J connectivity index is 1.93. The fraction of sp³-hybridized carbons (Fsp3) is 0.500. The number of phenols is 1. The molecule has 0 spiro atoms. The lowest BCUT2D eigenvalue weighted by Crippen LogP contribution is -2.45. The molecule has 1 aliphatic heterocycles. The van der Waals surface area contributed by atoms with Gasteiger partial charge < -0.3 is 15.3 Å². The van der Waals surface area contributed by atoms with Crippen molar-refractivity contribution in [1.29, 1.82) is 0 Å². The van der Waals surface area contributed by atoms with Gasteiger partial charge in [-0.3, -0.25) is 4.79 Å². The molecule has 4 nitrogen and oxygen atoms in total. The molecular weight excluding hydrogens is 228 g/mol. The summed E-state index contributed by atoms with van der Waals surface area (Å²) in [6.07, 6.45) is 6.12. The Hall–Kier alpha value is -1.71. The van der Waals surface area contributed by atoms with Gasteiger partial charge in [-0.05, 0) is 25.0 Å². The van der Waals surface area contributed by atoms with Crippen LogP contribution in [0.3, 0.4) is 0 Å². The van der Waals surface area contributed by atoms with Crippen molar-refractivity contribution in [3.63, 3.8) is 0 Å². The van der Waals surface area contributed by atoms with E-state index in [1.807, 2.05) is 6.07 Å². The number of aromatic hydroxyl groups is 1. The van der Waals surface area contributed by atoms with Gasteiger partial charge in [0.1, 0.15) is 5.75 Å². The predicted molar refractivity (Wildman–Crippen MR) is 71.0 cm³/mol. The van der Waals surface area contributed by atoms with Crippen molar-refractivity contribution in [2.75, 3.05) is 16.8 Å². The molecule has 2 N–H and O–H groups in total. The number of amides is 1. The van der Waals surface area contributed by atoms with Crippen LogP contribution in [0.5, 0.6) is 5.75 Å². The molecular formula is C14H18N2O2. The molecule has 0 unspecified atom stereocenters. The van der Waals surface area contributed by atoms with Crippen molar-refractivity contribution in [1.82, 2.24) is 0 Å². The van der Waals surface area contributed by atoms with Gasteiger partial charge in [-0.2, -0.15) is 0 Å². The summed E-state index contributed by atoms with van der Waals surface area (Å²) in [4.78, 5) is 14.0. The van der Waals surface area contributed by atoms with Crippen LogP contribution in [0, 0.1) is 0 Å². The third kappa shape index (κ3) is 2.03. The summed E-state index contributed by atoms with van der Waals surface area (Å²) >= 11 is 0. The minimum Gasteiger partial charge on any atom is -0.508 e. The van der Waals surface area contributed by atoms with Crippen molar-refractivity contribution in [2.45, 2.75) is 38.1 Å². The van der Waals surface area contributed by atoms with Crippen LogP contribution in [0.2, 0.25) is 0 Å². The van der Waals surface area contributed by atoms with Crippen LogP contribution >= 0.6 is 0 Å². The lowest BCUT2D eigenvalue weighted by molar-refractivity contribution is -0.115. The summed E-state index contributed by atoms with van der Waals surface area (Å²) in [7, 11) is 0. The molecule has 96 valence electrons. The summed E-state index contributed by atoms with van der Waals surface area (Å²) in [5.41, 5.74) is 1.77. The van der Waals surface area contributed by atoms with Gasteiger partial charge in [0.25, 0.3) is 0 Å². The molecule has 3 rings (SSSR count). The normalized spacial score (nSPS) is 20.4. The van der Waals surface area contributed by atoms with E-state index in [0.717, 1.165) is 24.2 Å². The number of carbonyl (C=O) groups is 1. The maximum Gasteiger partial charge on any atom is 0.243 e. The molecule has 0 saturated heterocycles. The second kappa shape index (κ2) is 4.52. The zero-order valence-electron chi connectivity index (χ0n) is 10.4. The van der Waals surface area contributed by atoms with E-state index >= 15 is 0 Å². The number of phenolic OH excluding ortho intramolecular Hbond substituents is 1. The Kier molecular flexibility index (Phi) is 2.86. The first-order valence-electron chi connectivity index (χ1n) is 6.63. The summed E-state index contributed by atoms with van der Waals surface area (Å²) in [5.74, 6) is 0.207. The Bertz CT molecular complexity index is 467. The second-order valence-corrected chi connectivity index (χ2v) is 5.17. The summed E-state index contributed by atoms with van der Waals surface area (Å²) < 4.78 is 0. The Labute approximate surface area is 107 Å². The quantitative estimate of drug-likeness (QED) is 0.800. The van der Waals surface area contributed by atoms with Gasteiger partial charge in [0.05, 0.1) is 17.9 Å². The lowest BCUT2D eigenvalue weighted by atomic mass is 9.93. The van der Waals surface area contributed by atoms with E-state index in [0.29, 0.717) is 12.6 Å². The SMILES string of the molecule is O=C1CN(C2CCCCC2)c2ccc(O)cc2N1. The average molecular weight is 246 g/mol. The topological polar surface area (TPSA) is 52.6 Å². The van der Waals surface area contributed by atoms with E-state index in [1.54, 1.807) is 12.1 Å². The van der Waals surface area contributed by atoms with Gasteiger partial charge in [0.2, 0.25) is 5.91 Å². The number of benzene rings is 1. The minimum atomic E-state index is 0.0127. The summed E-state index contributed by atoms with van der Waals surface area (Å²) in [6, 6.07) is 5.68. The Morgan fingerprint density at radius 2 is 2.00 bits per heavy atom. The first kappa shape index (κ1) is 11.4. The Morgan fingerprint density at radius 3 is 2.78 bits per heavy atom. The van der Waals surface area contributed by atoms with Crippen LogP contribution in [-0.4, -0.2) is 23.6 Å². The third-order valence-electron chi connectivity index (χ3n) is 3.89. The number of anilines is 2. The Morgan fingerprint density at radius 1 is 1.22 bits per heavy atom. The van der Waals surface area contributed by atoms with Gasteiger partial charge in [-0.1, -0.05) is 19.3 Å². The van der Waals surface area contributed by atoms with Gasteiger partial charge in [-0.25, -0.2) is 0 Å². The lowest BCUT2D eigenvalue weighted by Gasteiger charge is -2.39. The highest BCUT2D eigenvalue weighted by Gasteiger charge is 2.28. The first-order chi connectivity index (χ1) is 8.74. The van der Waals surface area contributed by atoms with E-state index < -0.39 is 0 Å². The van der Waals surface area contributed by atoms with Crippen LogP contribution in [0.15, 0.2) is 18.2 Å². The number of hydrogen-bond donors (Lipinski definition) is 2. The zero-order valence-corrected chi connectivity index (χ0v) is 10.4. The van der Waals surface area contributed by atoms with Crippen molar-refractivity contribution in [3.8, 4) is 5.75 Å². The number of nitrogens with one attached hydrogen (secondary N) is 1. The van der Waals surface area contributed by atoms with Crippen molar-refractivity contribution in [3.05, 3.63) is 18.2 Å². The number of carbonyl (C=O) groups excluding carboxylic acids is 1. The van der Waals surface area contributed by atoms with E-state index in [2.05, 4.69) is 10.2 Å². The van der Waals surface area contributed by atoms with E-state index in [4.69, 9.17) is 0 Å². The van der Waals surface area contributed by atoms with Crippen LogP contribution in [0.4, 0.5) is 11.4 Å². The number of hydrogen-bond acceptors (Lipinski definition) is 3. The largest absolute Gasteiger partial charge is 0.508 e. The second-order valence-electron chi connectivity index (χ2n) is 5.17. The highest BCUT2D eigenvalue weighted by Crippen LogP contribution is 2.36. The fourth-order valence-corrected chi connectivity index (χ4v) is 3.02. The molecule has 0 atom stereocenters. The number of fused-ring (bicyclic) bond motifs is 1. The molecule has 0 aromatic heterocycles. The van der Waals surface area contributed by atoms with Gasteiger partial charge in [-0.15, -0.1) is 0 Å². The van der Waals surface area contributed by atoms with Crippen molar-refractivity contribution >= 4 is 17.3 Å². The molecule has 1 aliphatic carbocycles. The maximum absolute atomic E-state index is 11.8. The van der Waals surface area contributed by atoms with Crippen LogP contribution in [0.25, 0.3) is 0 Å². The molecule has 1 heterocycles. The molecule has 0 bridgehead atoms. The molecule has 2 aliphatic rings. The third-order valence-corrected chi connectivity index (χ3v) is 3.89.